The SMILES string of the molecule is CCCCN(CC)C(=O)c1cc(S(=O)(=O)N2CCCCC2)ccc1C. The molecule has 0 atom stereocenters. The molecule has 0 spiro atoms. The van der Waals surface area contributed by atoms with Crippen LogP contribution >= 0.6 is 0 Å². The van der Waals surface area contributed by atoms with Gasteiger partial charge in [-0.2, -0.15) is 4.31 Å². The number of carbonyl (C=O) groups is 1. The van der Waals surface area contributed by atoms with Gasteiger partial charge in [0.1, 0.15) is 0 Å². The van der Waals surface area contributed by atoms with Gasteiger partial charge in [0.05, 0.1) is 4.90 Å². The molecule has 1 aliphatic heterocycles. The van der Waals surface area contributed by atoms with E-state index in [4.69, 9.17) is 0 Å². The number of hydrogen-bond acceptors (Lipinski definition) is 3. The van der Waals surface area contributed by atoms with Crippen LogP contribution in [0.1, 0.15) is 61.9 Å². The van der Waals surface area contributed by atoms with E-state index >= 15 is 0 Å². The summed E-state index contributed by atoms with van der Waals surface area (Å²) in [4.78, 5) is 14.9. The van der Waals surface area contributed by atoms with Gasteiger partial charge in [-0.1, -0.05) is 25.8 Å². The number of rotatable bonds is 7. The molecule has 0 N–H and O–H groups in total. The van der Waals surface area contributed by atoms with Crippen molar-refractivity contribution in [2.75, 3.05) is 26.2 Å². The summed E-state index contributed by atoms with van der Waals surface area (Å²) in [7, 11) is -3.52. The molecule has 1 aromatic carbocycles. The lowest BCUT2D eigenvalue weighted by molar-refractivity contribution is 0.0761. The molecule has 0 radical (unpaired) electrons. The van der Waals surface area contributed by atoms with Gasteiger partial charge in [-0.05, 0) is 50.8 Å². The van der Waals surface area contributed by atoms with E-state index < -0.39 is 10.0 Å². The van der Waals surface area contributed by atoms with E-state index in [1.807, 2.05) is 13.8 Å². The highest BCUT2D eigenvalue weighted by Crippen LogP contribution is 2.23. The number of benzene rings is 1. The largest absolute Gasteiger partial charge is 0.339 e. The summed E-state index contributed by atoms with van der Waals surface area (Å²) >= 11 is 0. The Labute approximate surface area is 152 Å². The highest BCUT2D eigenvalue weighted by molar-refractivity contribution is 7.89. The second kappa shape index (κ2) is 8.81. The van der Waals surface area contributed by atoms with Gasteiger partial charge in [-0.25, -0.2) is 8.42 Å². The molecule has 2 rings (SSSR count). The van der Waals surface area contributed by atoms with Crippen LogP contribution in [0.5, 0.6) is 0 Å². The predicted octanol–water partition coefficient (Wildman–Crippen LogP) is 3.43. The van der Waals surface area contributed by atoms with Crippen LogP contribution in [-0.4, -0.2) is 49.7 Å². The van der Waals surface area contributed by atoms with Crippen molar-refractivity contribution in [1.82, 2.24) is 9.21 Å². The van der Waals surface area contributed by atoms with Crippen LogP contribution in [0.15, 0.2) is 23.1 Å². The molecule has 0 aliphatic carbocycles. The number of amides is 1. The Morgan fingerprint density at radius 2 is 1.84 bits per heavy atom. The average Bonchev–Trinajstić information content (AvgIpc) is 2.63. The van der Waals surface area contributed by atoms with Crippen molar-refractivity contribution in [3.8, 4) is 0 Å². The Kier molecular flexibility index (Phi) is 7.02. The van der Waals surface area contributed by atoms with Gasteiger partial charge in [-0.3, -0.25) is 4.79 Å². The Morgan fingerprint density at radius 1 is 1.16 bits per heavy atom. The van der Waals surface area contributed by atoms with E-state index in [1.165, 1.54) is 0 Å². The molecule has 0 bridgehead atoms. The Balaban J connectivity index is 2.31. The van der Waals surface area contributed by atoms with Crippen LogP contribution in [0.4, 0.5) is 0 Å². The molecule has 1 aliphatic rings. The summed E-state index contributed by atoms with van der Waals surface area (Å²) in [6.45, 7) is 8.37. The Morgan fingerprint density at radius 3 is 2.44 bits per heavy atom. The summed E-state index contributed by atoms with van der Waals surface area (Å²) in [5.74, 6) is -0.0795. The maximum Gasteiger partial charge on any atom is 0.254 e. The third-order valence-electron chi connectivity index (χ3n) is 4.84. The lowest BCUT2D eigenvalue weighted by atomic mass is 10.1. The average molecular weight is 367 g/mol. The standard InChI is InChI=1S/C19H30N2O3S/c1-4-6-12-20(5-2)19(22)18-15-17(11-10-16(18)3)25(23,24)21-13-8-7-9-14-21/h10-11,15H,4-9,12-14H2,1-3H3. The maximum atomic E-state index is 12.9. The molecule has 1 fully saturated rings. The van der Waals surface area contributed by atoms with Gasteiger partial charge in [-0.15, -0.1) is 0 Å². The van der Waals surface area contributed by atoms with Crippen LogP contribution < -0.4 is 0 Å². The molecule has 0 unspecified atom stereocenters. The van der Waals surface area contributed by atoms with Gasteiger partial charge in [0.25, 0.3) is 5.91 Å². The molecule has 25 heavy (non-hydrogen) atoms. The number of sulfonamides is 1. The second-order valence-electron chi connectivity index (χ2n) is 6.68. The van der Waals surface area contributed by atoms with Crippen molar-refractivity contribution in [1.29, 1.82) is 0 Å². The van der Waals surface area contributed by atoms with Gasteiger partial charge < -0.3 is 4.90 Å². The Hall–Kier alpha value is -1.40. The van der Waals surface area contributed by atoms with Crippen molar-refractivity contribution in [3.05, 3.63) is 29.3 Å². The minimum atomic E-state index is -3.52. The molecule has 1 aromatic rings. The number of piperidine rings is 1. The second-order valence-corrected chi connectivity index (χ2v) is 8.62. The maximum absolute atomic E-state index is 12.9. The highest BCUT2D eigenvalue weighted by Gasteiger charge is 2.27. The zero-order chi connectivity index (χ0) is 18.4. The monoisotopic (exact) mass is 366 g/mol. The first-order chi connectivity index (χ1) is 11.9. The van der Waals surface area contributed by atoms with Crippen molar-refractivity contribution >= 4 is 15.9 Å². The first-order valence-corrected chi connectivity index (χ1v) is 10.8. The third kappa shape index (κ3) is 4.61. The van der Waals surface area contributed by atoms with E-state index in [-0.39, 0.29) is 10.8 Å². The summed E-state index contributed by atoms with van der Waals surface area (Å²) < 4.78 is 27.3. The molecular weight excluding hydrogens is 336 g/mol. The molecule has 6 heteroatoms. The molecule has 1 amide bonds. The van der Waals surface area contributed by atoms with Crippen LogP contribution in [0, 0.1) is 6.92 Å². The van der Waals surface area contributed by atoms with Crippen LogP contribution in [0.2, 0.25) is 0 Å². The highest BCUT2D eigenvalue weighted by atomic mass is 32.2. The number of hydrogen-bond donors (Lipinski definition) is 0. The predicted molar refractivity (Wildman–Crippen MR) is 100 cm³/mol. The van der Waals surface area contributed by atoms with Gasteiger partial charge in [0.2, 0.25) is 10.0 Å². The molecule has 140 valence electrons. The molecule has 0 saturated carbocycles. The van der Waals surface area contributed by atoms with Crippen LogP contribution in [0.25, 0.3) is 0 Å². The summed E-state index contributed by atoms with van der Waals surface area (Å²) in [6.07, 6.45) is 4.85. The van der Waals surface area contributed by atoms with Crippen molar-refractivity contribution in [3.63, 3.8) is 0 Å². The lowest BCUT2D eigenvalue weighted by Crippen LogP contribution is -2.36. The number of carbonyl (C=O) groups excluding carboxylic acids is 1. The minimum Gasteiger partial charge on any atom is -0.339 e. The lowest BCUT2D eigenvalue weighted by Gasteiger charge is -2.26. The number of unbranched alkanes of at least 4 members (excludes halogenated alkanes) is 1. The summed E-state index contributed by atoms with van der Waals surface area (Å²) in [5, 5.41) is 0. The zero-order valence-corrected chi connectivity index (χ0v) is 16.4. The Bertz CT molecular complexity index is 695. The first-order valence-electron chi connectivity index (χ1n) is 9.31. The molecule has 5 nitrogen and oxygen atoms in total. The quantitative estimate of drug-likeness (QED) is 0.743. The zero-order valence-electron chi connectivity index (χ0n) is 15.6. The molecule has 0 aromatic heterocycles. The van der Waals surface area contributed by atoms with Gasteiger partial charge in [0, 0.05) is 31.7 Å². The van der Waals surface area contributed by atoms with Crippen molar-refractivity contribution in [2.24, 2.45) is 0 Å². The topological polar surface area (TPSA) is 57.7 Å². The van der Waals surface area contributed by atoms with E-state index in [1.54, 1.807) is 27.4 Å². The summed E-state index contributed by atoms with van der Waals surface area (Å²) in [6, 6.07) is 4.94. The number of nitrogens with zero attached hydrogens (tertiary/aromatic N) is 2. The molecule has 1 saturated heterocycles. The van der Waals surface area contributed by atoms with E-state index in [0.717, 1.165) is 37.7 Å². The smallest absolute Gasteiger partial charge is 0.254 e. The van der Waals surface area contributed by atoms with Crippen molar-refractivity contribution in [2.45, 2.75) is 57.8 Å². The van der Waals surface area contributed by atoms with E-state index in [9.17, 15) is 13.2 Å². The third-order valence-corrected chi connectivity index (χ3v) is 6.74. The fraction of sp³-hybridized carbons (Fsp3) is 0.632. The fourth-order valence-electron chi connectivity index (χ4n) is 3.17. The molecule has 1 heterocycles. The van der Waals surface area contributed by atoms with E-state index in [2.05, 4.69) is 6.92 Å². The van der Waals surface area contributed by atoms with Gasteiger partial charge >= 0.3 is 0 Å². The number of aryl methyl sites for hydroxylation is 1. The van der Waals surface area contributed by atoms with Crippen LogP contribution in [-0.2, 0) is 10.0 Å². The minimum absolute atomic E-state index is 0.0795. The fourth-order valence-corrected chi connectivity index (χ4v) is 4.71. The van der Waals surface area contributed by atoms with Gasteiger partial charge in [0.15, 0.2) is 0 Å². The van der Waals surface area contributed by atoms with Crippen LogP contribution in [0.3, 0.4) is 0 Å². The first kappa shape index (κ1) is 19.9. The summed E-state index contributed by atoms with van der Waals surface area (Å²) in [5.41, 5.74) is 1.31. The van der Waals surface area contributed by atoms with Crippen molar-refractivity contribution < 1.29 is 13.2 Å². The van der Waals surface area contributed by atoms with E-state index in [0.29, 0.717) is 31.7 Å². The molecular formula is C19H30N2O3S. The normalized spacial score (nSPS) is 16.0.